The van der Waals surface area contributed by atoms with Crippen LogP contribution in [0.15, 0.2) is 40.9 Å². The number of rotatable bonds is 7. The highest BCUT2D eigenvalue weighted by atomic mass is 35.5. The molecule has 3 aromatic rings. The Kier molecular flexibility index (Phi) is 7.04. The molecule has 1 N–H and O–H groups in total. The zero-order chi connectivity index (χ0) is 20.3. The number of hydrogen-bond acceptors (Lipinski definition) is 5. The summed E-state index contributed by atoms with van der Waals surface area (Å²) in [6.45, 7) is 4.10. The SMILES string of the molecule is CC(C)C(NC(=O)c1cccs1)c1nnc(SCc2ccc(Cl)c(Cl)c2)n1C. The summed E-state index contributed by atoms with van der Waals surface area (Å²) in [5.41, 5.74) is 1.05. The summed E-state index contributed by atoms with van der Waals surface area (Å²) < 4.78 is 1.93. The smallest absolute Gasteiger partial charge is 0.261 e. The Morgan fingerprint density at radius 3 is 2.68 bits per heavy atom. The minimum atomic E-state index is -0.230. The van der Waals surface area contributed by atoms with E-state index in [1.54, 1.807) is 17.8 Å². The zero-order valence-corrected chi connectivity index (χ0v) is 18.8. The highest BCUT2D eigenvalue weighted by Crippen LogP contribution is 2.29. The van der Waals surface area contributed by atoms with Gasteiger partial charge in [-0.05, 0) is 35.1 Å². The molecule has 0 aliphatic carbocycles. The van der Waals surface area contributed by atoms with Gasteiger partial charge in [0.25, 0.3) is 5.91 Å². The number of amides is 1. The highest BCUT2D eigenvalue weighted by molar-refractivity contribution is 7.98. The Balaban J connectivity index is 1.73. The summed E-state index contributed by atoms with van der Waals surface area (Å²) >= 11 is 15.0. The minimum absolute atomic E-state index is 0.0956. The number of benzene rings is 1. The Labute approximate surface area is 182 Å². The van der Waals surface area contributed by atoms with Crippen LogP contribution >= 0.6 is 46.3 Å². The topological polar surface area (TPSA) is 59.8 Å². The van der Waals surface area contributed by atoms with E-state index in [4.69, 9.17) is 23.2 Å². The Morgan fingerprint density at radius 2 is 2.04 bits per heavy atom. The first kappa shape index (κ1) is 21.2. The number of carbonyl (C=O) groups excluding carboxylic acids is 1. The normalized spacial score (nSPS) is 12.4. The molecule has 1 aromatic carbocycles. The number of aromatic nitrogens is 3. The van der Waals surface area contributed by atoms with Crippen molar-refractivity contribution in [2.24, 2.45) is 13.0 Å². The van der Waals surface area contributed by atoms with Crippen LogP contribution in [0.1, 0.15) is 40.9 Å². The van der Waals surface area contributed by atoms with E-state index < -0.39 is 0 Å². The van der Waals surface area contributed by atoms with E-state index in [9.17, 15) is 4.79 Å². The third kappa shape index (κ3) is 4.89. The maximum Gasteiger partial charge on any atom is 0.261 e. The number of thiophene rings is 1. The van der Waals surface area contributed by atoms with E-state index >= 15 is 0 Å². The molecular weight excluding hydrogens is 435 g/mol. The first-order chi connectivity index (χ1) is 13.4. The van der Waals surface area contributed by atoms with E-state index in [1.807, 2.05) is 41.3 Å². The van der Waals surface area contributed by atoms with Crippen molar-refractivity contribution in [3.8, 4) is 0 Å². The van der Waals surface area contributed by atoms with E-state index in [0.29, 0.717) is 20.7 Å². The van der Waals surface area contributed by atoms with Crippen molar-refractivity contribution in [2.75, 3.05) is 0 Å². The average molecular weight is 455 g/mol. The van der Waals surface area contributed by atoms with Crippen molar-refractivity contribution in [3.63, 3.8) is 0 Å². The zero-order valence-electron chi connectivity index (χ0n) is 15.6. The molecule has 0 spiro atoms. The van der Waals surface area contributed by atoms with Gasteiger partial charge in [0.15, 0.2) is 11.0 Å². The van der Waals surface area contributed by atoms with Gasteiger partial charge in [-0.3, -0.25) is 4.79 Å². The number of nitrogens with one attached hydrogen (secondary N) is 1. The lowest BCUT2D eigenvalue weighted by Gasteiger charge is -2.21. The molecule has 3 rings (SSSR count). The number of nitrogens with zero attached hydrogens (tertiary/aromatic N) is 3. The van der Waals surface area contributed by atoms with Crippen LogP contribution in [0, 0.1) is 5.92 Å². The van der Waals surface area contributed by atoms with Gasteiger partial charge in [-0.15, -0.1) is 21.5 Å². The molecule has 9 heteroatoms. The molecular formula is C19H20Cl2N4OS2. The van der Waals surface area contributed by atoms with E-state index in [1.165, 1.54) is 11.3 Å². The monoisotopic (exact) mass is 454 g/mol. The minimum Gasteiger partial charge on any atom is -0.341 e. The molecule has 0 fully saturated rings. The quantitative estimate of drug-likeness (QED) is 0.471. The Bertz CT molecular complexity index is 957. The lowest BCUT2D eigenvalue weighted by molar-refractivity contribution is 0.0926. The van der Waals surface area contributed by atoms with Crippen LogP contribution < -0.4 is 5.32 Å². The van der Waals surface area contributed by atoms with Crippen molar-refractivity contribution in [1.82, 2.24) is 20.1 Å². The summed E-state index contributed by atoms with van der Waals surface area (Å²) in [5.74, 6) is 1.49. The van der Waals surface area contributed by atoms with Crippen LogP contribution in [0.25, 0.3) is 0 Å². The molecule has 0 saturated heterocycles. The van der Waals surface area contributed by atoms with Gasteiger partial charge >= 0.3 is 0 Å². The van der Waals surface area contributed by atoms with Crippen LogP contribution in [-0.4, -0.2) is 20.7 Å². The van der Waals surface area contributed by atoms with Crippen molar-refractivity contribution < 1.29 is 4.79 Å². The number of hydrogen-bond donors (Lipinski definition) is 1. The second kappa shape index (κ2) is 9.31. The number of carbonyl (C=O) groups is 1. The standard InChI is InChI=1S/C19H20Cl2N4OS2/c1-11(2)16(22-18(26)15-5-4-8-27-15)17-23-24-19(25(17)3)28-10-12-6-7-13(20)14(21)9-12/h4-9,11,16H,10H2,1-3H3,(H,22,26). The summed E-state index contributed by atoms with van der Waals surface area (Å²) in [6.07, 6.45) is 0. The van der Waals surface area contributed by atoms with Crippen molar-refractivity contribution in [1.29, 1.82) is 0 Å². The van der Waals surface area contributed by atoms with Crippen LogP contribution in [0.2, 0.25) is 10.0 Å². The van der Waals surface area contributed by atoms with Gasteiger partial charge in [0, 0.05) is 12.8 Å². The van der Waals surface area contributed by atoms with Gasteiger partial charge in [-0.2, -0.15) is 0 Å². The largest absolute Gasteiger partial charge is 0.341 e. The summed E-state index contributed by atoms with van der Waals surface area (Å²) in [6, 6.07) is 9.03. The lowest BCUT2D eigenvalue weighted by atomic mass is 10.0. The summed E-state index contributed by atoms with van der Waals surface area (Å²) in [4.78, 5) is 13.2. The van der Waals surface area contributed by atoms with Gasteiger partial charge < -0.3 is 9.88 Å². The van der Waals surface area contributed by atoms with E-state index in [-0.39, 0.29) is 17.9 Å². The Morgan fingerprint density at radius 1 is 1.25 bits per heavy atom. The molecule has 0 aliphatic rings. The number of thioether (sulfide) groups is 1. The molecule has 1 amide bonds. The molecule has 2 aromatic heterocycles. The fraction of sp³-hybridized carbons (Fsp3) is 0.316. The fourth-order valence-electron chi connectivity index (χ4n) is 2.65. The maximum atomic E-state index is 12.5. The third-order valence-electron chi connectivity index (χ3n) is 4.20. The highest BCUT2D eigenvalue weighted by Gasteiger charge is 2.25. The predicted octanol–water partition coefficient (Wildman–Crippen LogP) is 5.60. The average Bonchev–Trinajstić information content (AvgIpc) is 3.31. The molecule has 28 heavy (non-hydrogen) atoms. The molecule has 0 saturated carbocycles. The van der Waals surface area contributed by atoms with Crippen LogP contribution in [0.3, 0.4) is 0 Å². The van der Waals surface area contributed by atoms with Crippen LogP contribution in [-0.2, 0) is 12.8 Å². The second-order valence-corrected chi connectivity index (χ2v) is 9.31. The van der Waals surface area contributed by atoms with E-state index in [2.05, 4.69) is 29.4 Å². The summed E-state index contributed by atoms with van der Waals surface area (Å²) in [7, 11) is 1.92. The third-order valence-corrected chi connectivity index (χ3v) is 6.90. The molecule has 5 nitrogen and oxygen atoms in total. The molecule has 0 radical (unpaired) electrons. The first-order valence-corrected chi connectivity index (χ1v) is 11.3. The van der Waals surface area contributed by atoms with Gasteiger partial charge in [0.05, 0.1) is 21.0 Å². The second-order valence-electron chi connectivity index (χ2n) is 6.61. The van der Waals surface area contributed by atoms with Crippen molar-refractivity contribution >= 4 is 52.2 Å². The van der Waals surface area contributed by atoms with Gasteiger partial charge in [-0.1, -0.05) is 60.9 Å². The van der Waals surface area contributed by atoms with E-state index in [0.717, 1.165) is 16.5 Å². The predicted molar refractivity (Wildman–Crippen MR) is 116 cm³/mol. The molecule has 1 atom stereocenters. The number of halogens is 2. The molecule has 0 aliphatic heterocycles. The summed E-state index contributed by atoms with van der Waals surface area (Å²) in [5, 5.41) is 15.5. The van der Waals surface area contributed by atoms with Crippen molar-refractivity contribution in [2.45, 2.75) is 30.8 Å². The van der Waals surface area contributed by atoms with Gasteiger partial charge in [0.1, 0.15) is 0 Å². The van der Waals surface area contributed by atoms with Crippen LogP contribution in [0.5, 0.6) is 0 Å². The van der Waals surface area contributed by atoms with Crippen LogP contribution in [0.4, 0.5) is 0 Å². The van der Waals surface area contributed by atoms with Gasteiger partial charge in [0.2, 0.25) is 0 Å². The molecule has 1 unspecified atom stereocenters. The lowest BCUT2D eigenvalue weighted by Crippen LogP contribution is -2.33. The molecule has 148 valence electrons. The molecule has 0 bridgehead atoms. The molecule has 2 heterocycles. The van der Waals surface area contributed by atoms with Crippen molar-refractivity contribution in [3.05, 3.63) is 62.0 Å². The Hall–Kier alpha value is -1.54. The van der Waals surface area contributed by atoms with Gasteiger partial charge in [-0.25, -0.2) is 0 Å². The maximum absolute atomic E-state index is 12.5. The first-order valence-electron chi connectivity index (χ1n) is 8.67. The fourth-order valence-corrected chi connectivity index (χ4v) is 4.46.